The summed E-state index contributed by atoms with van der Waals surface area (Å²) >= 11 is 0. The third-order valence-corrected chi connectivity index (χ3v) is 2.23. The van der Waals surface area contributed by atoms with Crippen molar-refractivity contribution in [3.63, 3.8) is 0 Å². The van der Waals surface area contributed by atoms with Crippen molar-refractivity contribution in [1.82, 2.24) is 5.32 Å². The molecule has 0 saturated carbocycles. The van der Waals surface area contributed by atoms with Gasteiger partial charge in [0.15, 0.2) is 0 Å². The number of hydrogen-bond donors (Lipinski definition) is 2. The number of hydrogen-bond acceptors (Lipinski definition) is 2. The Kier molecular flexibility index (Phi) is 4.78. The minimum atomic E-state index is -0.698. The van der Waals surface area contributed by atoms with Crippen molar-refractivity contribution in [2.75, 3.05) is 0 Å². The van der Waals surface area contributed by atoms with E-state index in [9.17, 15) is 13.6 Å². The number of rotatable bonds is 5. The Morgan fingerprint density at radius 1 is 1.53 bits per heavy atom. The van der Waals surface area contributed by atoms with Crippen LogP contribution in [0.15, 0.2) is 30.9 Å². The van der Waals surface area contributed by atoms with Crippen LogP contribution in [0.3, 0.4) is 0 Å². The highest BCUT2D eigenvalue weighted by Crippen LogP contribution is 2.09. The quantitative estimate of drug-likeness (QED) is 0.766. The van der Waals surface area contributed by atoms with Gasteiger partial charge in [0.25, 0.3) is 0 Å². The summed E-state index contributed by atoms with van der Waals surface area (Å²) in [7, 11) is 0. The third-order valence-electron chi connectivity index (χ3n) is 2.23. The smallest absolute Gasteiger partial charge is 0.237 e. The van der Waals surface area contributed by atoms with Crippen LogP contribution in [0.2, 0.25) is 0 Å². The largest absolute Gasteiger partial charge is 0.351 e. The van der Waals surface area contributed by atoms with Gasteiger partial charge in [-0.25, -0.2) is 8.78 Å². The first kappa shape index (κ1) is 13.3. The van der Waals surface area contributed by atoms with E-state index in [-0.39, 0.29) is 12.1 Å². The summed E-state index contributed by atoms with van der Waals surface area (Å²) in [5, 5.41) is 2.47. The normalized spacial score (nSPS) is 11.9. The Hall–Kier alpha value is -1.75. The Bertz CT molecular complexity index is 421. The van der Waals surface area contributed by atoms with Gasteiger partial charge in [0.2, 0.25) is 5.91 Å². The Morgan fingerprint density at radius 3 is 2.82 bits per heavy atom. The molecule has 0 aliphatic carbocycles. The van der Waals surface area contributed by atoms with Gasteiger partial charge in [-0.05, 0) is 12.5 Å². The summed E-state index contributed by atoms with van der Waals surface area (Å²) in [6.45, 7) is 3.45. The molecule has 5 heteroatoms. The molecule has 0 aromatic heterocycles. The summed E-state index contributed by atoms with van der Waals surface area (Å²) < 4.78 is 25.8. The van der Waals surface area contributed by atoms with Crippen molar-refractivity contribution in [2.45, 2.75) is 19.0 Å². The van der Waals surface area contributed by atoms with Crippen molar-refractivity contribution >= 4 is 5.91 Å². The molecule has 3 N–H and O–H groups in total. The summed E-state index contributed by atoms with van der Waals surface area (Å²) in [6.07, 6.45) is 1.88. The maximum Gasteiger partial charge on any atom is 0.237 e. The summed E-state index contributed by atoms with van der Waals surface area (Å²) in [5.74, 6) is -1.74. The topological polar surface area (TPSA) is 55.1 Å². The van der Waals surface area contributed by atoms with Gasteiger partial charge < -0.3 is 11.1 Å². The van der Waals surface area contributed by atoms with E-state index in [1.165, 1.54) is 12.1 Å². The third kappa shape index (κ3) is 3.96. The lowest BCUT2D eigenvalue weighted by Gasteiger charge is -2.10. The van der Waals surface area contributed by atoms with Gasteiger partial charge >= 0.3 is 0 Å². The molecule has 92 valence electrons. The van der Waals surface area contributed by atoms with Gasteiger partial charge in [0.1, 0.15) is 11.6 Å². The zero-order chi connectivity index (χ0) is 12.8. The predicted molar refractivity (Wildman–Crippen MR) is 61.0 cm³/mol. The lowest BCUT2D eigenvalue weighted by atomic mass is 10.2. The fraction of sp³-hybridized carbons (Fsp3) is 0.250. The van der Waals surface area contributed by atoms with Crippen molar-refractivity contribution in [3.05, 3.63) is 48.1 Å². The maximum absolute atomic E-state index is 13.2. The van der Waals surface area contributed by atoms with Crippen LogP contribution in [0.1, 0.15) is 12.0 Å². The summed E-state index contributed by atoms with van der Waals surface area (Å²) in [4.78, 5) is 11.4. The molecule has 1 aromatic rings. The van der Waals surface area contributed by atoms with Gasteiger partial charge in [-0.1, -0.05) is 12.1 Å². The molecule has 0 saturated heterocycles. The predicted octanol–water partition coefficient (Wildman–Crippen LogP) is 1.48. The van der Waals surface area contributed by atoms with Gasteiger partial charge in [-0.15, -0.1) is 6.58 Å². The lowest BCUT2D eigenvalue weighted by molar-refractivity contribution is -0.122. The van der Waals surface area contributed by atoms with E-state index in [2.05, 4.69) is 11.9 Å². The number of amides is 1. The molecule has 1 aromatic carbocycles. The monoisotopic (exact) mass is 240 g/mol. The number of nitrogens with two attached hydrogens (primary N) is 1. The van der Waals surface area contributed by atoms with Crippen molar-refractivity contribution in [2.24, 2.45) is 5.73 Å². The standard InChI is InChI=1S/C12H14F2N2O/c1-2-3-11(15)12(17)16-7-8-4-5-9(13)6-10(8)14/h2,4-6,11H,1,3,7,15H2,(H,16,17). The first-order valence-electron chi connectivity index (χ1n) is 5.12. The number of carbonyl (C=O) groups excluding carboxylic acids is 1. The van der Waals surface area contributed by atoms with E-state index >= 15 is 0 Å². The zero-order valence-corrected chi connectivity index (χ0v) is 9.25. The van der Waals surface area contributed by atoms with Crippen LogP contribution in [0.4, 0.5) is 8.78 Å². The van der Waals surface area contributed by atoms with Crippen LogP contribution in [0, 0.1) is 11.6 Å². The summed E-state index contributed by atoms with van der Waals surface area (Å²) in [5.41, 5.74) is 5.73. The highest BCUT2D eigenvalue weighted by molar-refractivity contribution is 5.81. The first-order chi connectivity index (χ1) is 8.04. The fourth-order valence-electron chi connectivity index (χ4n) is 1.27. The summed E-state index contributed by atoms with van der Waals surface area (Å²) in [6, 6.07) is 2.49. The van der Waals surface area contributed by atoms with Crippen LogP contribution in [-0.2, 0) is 11.3 Å². The number of benzene rings is 1. The molecule has 0 aliphatic heterocycles. The van der Waals surface area contributed by atoms with Crippen molar-refractivity contribution < 1.29 is 13.6 Å². The van der Waals surface area contributed by atoms with Gasteiger partial charge in [-0.2, -0.15) is 0 Å². The molecule has 0 spiro atoms. The second-order valence-corrected chi connectivity index (χ2v) is 3.58. The molecule has 0 radical (unpaired) electrons. The van der Waals surface area contributed by atoms with Crippen LogP contribution < -0.4 is 11.1 Å². The Morgan fingerprint density at radius 2 is 2.24 bits per heavy atom. The molecular weight excluding hydrogens is 226 g/mol. The van der Waals surface area contributed by atoms with Crippen molar-refractivity contribution in [1.29, 1.82) is 0 Å². The molecule has 0 fully saturated rings. The minimum absolute atomic E-state index is 0.0181. The fourth-order valence-corrected chi connectivity index (χ4v) is 1.27. The van der Waals surface area contributed by atoms with E-state index in [0.717, 1.165) is 12.1 Å². The molecule has 0 bridgehead atoms. The average molecular weight is 240 g/mol. The van der Waals surface area contributed by atoms with Crippen molar-refractivity contribution in [3.8, 4) is 0 Å². The Labute approximate surface area is 98.3 Å². The van der Waals surface area contributed by atoms with Gasteiger partial charge in [0, 0.05) is 18.2 Å². The lowest BCUT2D eigenvalue weighted by Crippen LogP contribution is -2.39. The molecule has 3 nitrogen and oxygen atoms in total. The van der Waals surface area contributed by atoms with Crippen LogP contribution >= 0.6 is 0 Å². The second kappa shape index (κ2) is 6.10. The Balaban J connectivity index is 2.55. The molecule has 1 unspecified atom stereocenters. The average Bonchev–Trinajstić information content (AvgIpc) is 2.27. The van der Waals surface area contributed by atoms with E-state index < -0.39 is 23.6 Å². The number of carbonyl (C=O) groups is 1. The molecular formula is C12H14F2N2O. The highest BCUT2D eigenvalue weighted by atomic mass is 19.1. The molecule has 17 heavy (non-hydrogen) atoms. The second-order valence-electron chi connectivity index (χ2n) is 3.58. The highest BCUT2D eigenvalue weighted by Gasteiger charge is 2.12. The van der Waals surface area contributed by atoms with Crippen LogP contribution in [0.5, 0.6) is 0 Å². The van der Waals surface area contributed by atoms with E-state index in [4.69, 9.17) is 5.73 Å². The molecule has 1 rings (SSSR count). The van der Waals surface area contributed by atoms with E-state index in [1.54, 1.807) is 0 Å². The SMILES string of the molecule is C=CCC(N)C(=O)NCc1ccc(F)cc1F. The molecule has 0 heterocycles. The zero-order valence-electron chi connectivity index (χ0n) is 9.25. The van der Waals surface area contributed by atoms with E-state index in [0.29, 0.717) is 6.42 Å². The molecule has 1 atom stereocenters. The van der Waals surface area contributed by atoms with Crippen LogP contribution in [0.25, 0.3) is 0 Å². The molecule has 0 aliphatic rings. The number of nitrogens with one attached hydrogen (secondary N) is 1. The molecule has 1 amide bonds. The maximum atomic E-state index is 13.2. The van der Waals surface area contributed by atoms with Gasteiger partial charge in [0.05, 0.1) is 6.04 Å². The van der Waals surface area contributed by atoms with Gasteiger partial charge in [-0.3, -0.25) is 4.79 Å². The first-order valence-corrected chi connectivity index (χ1v) is 5.12. The number of halogens is 2. The minimum Gasteiger partial charge on any atom is -0.351 e. The van der Waals surface area contributed by atoms with Crippen LogP contribution in [-0.4, -0.2) is 11.9 Å². The van der Waals surface area contributed by atoms with E-state index in [1.807, 2.05) is 0 Å².